The first-order chi connectivity index (χ1) is 7.11. The Morgan fingerprint density at radius 3 is 2.31 bits per heavy atom. The Labute approximate surface area is 96.3 Å². The van der Waals surface area contributed by atoms with Gasteiger partial charge in [-0.05, 0) is 13.8 Å². The summed E-state index contributed by atoms with van der Waals surface area (Å²) in [6.45, 7) is 8.43. The van der Waals surface area contributed by atoms with Crippen molar-refractivity contribution in [1.82, 2.24) is 0 Å². The molecule has 94 valence electrons. The zero-order valence-electron chi connectivity index (χ0n) is 10.6. The standard InChI is InChI=1S/C11H21NO4/c1-6-16-9(13)11(5,14)7-8-12(15)10(2,3)4/h8,14H,6-7H2,1-5H3/b12-8-. The van der Waals surface area contributed by atoms with Crippen LogP contribution in [-0.2, 0) is 9.53 Å². The van der Waals surface area contributed by atoms with Crippen molar-refractivity contribution in [3.05, 3.63) is 5.21 Å². The average molecular weight is 231 g/mol. The normalized spacial score (nSPS) is 16.8. The molecule has 1 N–H and O–H groups in total. The lowest BCUT2D eigenvalue weighted by Crippen LogP contribution is -2.39. The molecule has 0 fully saturated rings. The second-order valence-corrected chi connectivity index (χ2v) is 4.88. The molecule has 0 amide bonds. The highest BCUT2D eigenvalue weighted by molar-refractivity contribution is 5.81. The quantitative estimate of drug-likeness (QED) is 0.258. The third kappa shape index (κ3) is 4.61. The molecule has 0 rings (SSSR count). The zero-order valence-corrected chi connectivity index (χ0v) is 10.6. The summed E-state index contributed by atoms with van der Waals surface area (Å²) in [5, 5.41) is 21.2. The molecule has 5 nitrogen and oxygen atoms in total. The van der Waals surface area contributed by atoms with Crippen LogP contribution in [0.25, 0.3) is 0 Å². The van der Waals surface area contributed by atoms with Crippen LogP contribution in [0.4, 0.5) is 0 Å². The molecule has 0 saturated heterocycles. The van der Waals surface area contributed by atoms with Gasteiger partial charge in [0.2, 0.25) is 0 Å². The van der Waals surface area contributed by atoms with Gasteiger partial charge in [0.15, 0.2) is 17.4 Å². The van der Waals surface area contributed by atoms with E-state index in [1.54, 1.807) is 27.7 Å². The molecule has 5 heteroatoms. The van der Waals surface area contributed by atoms with Gasteiger partial charge in [-0.25, -0.2) is 9.53 Å². The predicted octanol–water partition coefficient (Wildman–Crippen LogP) is 1.07. The number of hydrogen-bond acceptors (Lipinski definition) is 4. The minimum atomic E-state index is -1.65. The molecule has 0 heterocycles. The lowest BCUT2D eigenvalue weighted by Gasteiger charge is -2.22. The molecular formula is C11H21NO4. The third-order valence-electron chi connectivity index (χ3n) is 2.03. The van der Waals surface area contributed by atoms with Crippen LogP contribution in [0.15, 0.2) is 0 Å². The molecule has 0 spiro atoms. The molecule has 1 atom stereocenters. The average Bonchev–Trinajstić information content (AvgIpc) is 2.13. The first-order valence-electron chi connectivity index (χ1n) is 5.30. The maximum absolute atomic E-state index is 11.5. The molecule has 0 aliphatic heterocycles. The Bertz CT molecular complexity index is 276. The first-order valence-corrected chi connectivity index (χ1v) is 5.30. The summed E-state index contributed by atoms with van der Waals surface area (Å²) in [4.78, 5) is 11.3. The van der Waals surface area contributed by atoms with E-state index in [4.69, 9.17) is 4.74 Å². The number of aliphatic hydroxyl groups is 1. The summed E-state index contributed by atoms with van der Waals surface area (Å²) in [5.74, 6) is -0.714. The predicted molar refractivity (Wildman–Crippen MR) is 61.3 cm³/mol. The molecule has 16 heavy (non-hydrogen) atoms. The van der Waals surface area contributed by atoms with E-state index in [-0.39, 0.29) is 13.0 Å². The number of carbonyl (C=O) groups is 1. The van der Waals surface area contributed by atoms with Crippen LogP contribution in [0.5, 0.6) is 0 Å². The summed E-state index contributed by atoms with van der Waals surface area (Å²) in [7, 11) is 0. The molecule has 0 aromatic carbocycles. The van der Waals surface area contributed by atoms with Crippen LogP contribution in [-0.4, -0.2) is 39.8 Å². The fourth-order valence-corrected chi connectivity index (χ4v) is 0.904. The lowest BCUT2D eigenvalue weighted by molar-refractivity contribution is -0.532. The van der Waals surface area contributed by atoms with Gasteiger partial charge in [-0.3, -0.25) is 0 Å². The number of ether oxygens (including phenoxy) is 1. The fourth-order valence-electron chi connectivity index (χ4n) is 0.904. The van der Waals surface area contributed by atoms with Gasteiger partial charge in [-0.1, -0.05) is 0 Å². The minimum Gasteiger partial charge on any atom is -0.624 e. The van der Waals surface area contributed by atoms with Crippen LogP contribution in [0.1, 0.15) is 41.0 Å². The Morgan fingerprint density at radius 2 is 1.94 bits per heavy atom. The Hall–Kier alpha value is -1.10. The van der Waals surface area contributed by atoms with Gasteiger partial charge in [-0.2, -0.15) is 0 Å². The molecule has 1 unspecified atom stereocenters. The Balaban J connectivity index is 4.55. The molecule has 0 aromatic heterocycles. The molecule has 0 aromatic rings. The van der Waals surface area contributed by atoms with Crippen LogP contribution in [0.2, 0.25) is 0 Å². The van der Waals surface area contributed by atoms with Crippen LogP contribution in [0, 0.1) is 5.21 Å². The van der Waals surface area contributed by atoms with Gasteiger partial charge in [0.1, 0.15) is 0 Å². The second-order valence-electron chi connectivity index (χ2n) is 4.88. The van der Waals surface area contributed by atoms with E-state index in [1.165, 1.54) is 13.1 Å². The van der Waals surface area contributed by atoms with Crippen molar-refractivity contribution in [1.29, 1.82) is 0 Å². The number of esters is 1. The minimum absolute atomic E-state index is 0.0629. The smallest absolute Gasteiger partial charge is 0.338 e. The number of rotatable bonds is 4. The Kier molecular flexibility index (Phi) is 4.93. The van der Waals surface area contributed by atoms with Crippen molar-refractivity contribution >= 4 is 12.2 Å². The number of carbonyl (C=O) groups excluding carboxylic acids is 1. The fraction of sp³-hybridized carbons (Fsp3) is 0.818. The van der Waals surface area contributed by atoms with Gasteiger partial charge >= 0.3 is 5.97 Å². The zero-order chi connectivity index (χ0) is 13.0. The molecule has 0 aliphatic rings. The largest absolute Gasteiger partial charge is 0.624 e. The van der Waals surface area contributed by atoms with Gasteiger partial charge < -0.3 is 15.1 Å². The summed E-state index contributed by atoms with van der Waals surface area (Å²) < 4.78 is 5.42. The third-order valence-corrected chi connectivity index (χ3v) is 2.03. The monoisotopic (exact) mass is 231 g/mol. The van der Waals surface area contributed by atoms with Gasteiger partial charge in [-0.15, -0.1) is 0 Å². The highest BCUT2D eigenvalue weighted by Crippen LogP contribution is 2.12. The number of nitrogens with zero attached hydrogens (tertiary/aromatic N) is 1. The maximum Gasteiger partial charge on any atom is 0.338 e. The summed E-state index contributed by atoms with van der Waals surface area (Å²) in [5.41, 5.74) is -2.23. The van der Waals surface area contributed by atoms with E-state index >= 15 is 0 Å². The van der Waals surface area contributed by atoms with E-state index in [1.807, 2.05) is 0 Å². The van der Waals surface area contributed by atoms with Gasteiger partial charge in [0.25, 0.3) is 0 Å². The van der Waals surface area contributed by atoms with Crippen LogP contribution < -0.4 is 0 Å². The van der Waals surface area contributed by atoms with E-state index in [2.05, 4.69) is 0 Å². The van der Waals surface area contributed by atoms with Crippen LogP contribution >= 0.6 is 0 Å². The van der Waals surface area contributed by atoms with E-state index < -0.39 is 17.1 Å². The highest BCUT2D eigenvalue weighted by atomic mass is 16.5. The van der Waals surface area contributed by atoms with Gasteiger partial charge in [0, 0.05) is 20.8 Å². The molecule has 0 aliphatic carbocycles. The van der Waals surface area contributed by atoms with Crippen molar-refractivity contribution in [2.24, 2.45) is 0 Å². The molecular weight excluding hydrogens is 210 g/mol. The lowest BCUT2D eigenvalue weighted by atomic mass is 10.0. The first kappa shape index (κ1) is 14.9. The topological polar surface area (TPSA) is 72.6 Å². The summed E-state index contributed by atoms with van der Waals surface area (Å²) >= 11 is 0. The summed E-state index contributed by atoms with van der Waals surface area (Å²) in [6, 6.07) is 0. The molecule has 0 radical (unpaired) electrons. The van der Waals surface area contributed by atoms with E-state index in [0.717, 1.165) is 4.74 Å². The van der Waals surface area contributed by atoms with Crippen molar-refractivity contribution in [2.45, 2.75) is 52.2 Å². The van der Waals surface area contributed by atoms with Crippen molar-refractivity contribution in [3.8, 4) is 0 Å². The van der Waals surface area contributed by atoms with E-state index in [9.17, 15) is 15.1 Å². The van der Waals surface area contributed by atoms with Crippen molar-refractivity contribution in [3.63, 3.8) is 0 Å². The van der Waals surface area contributed by atoms with Crippen molar-refractivity contribution in [2.75, 3.05) is 6.61 Å². The van der Waals surface area contributed by atoms with Gasteiger partial charge in [0.05, 0.1) is 13.0 Å². The molecule has 0 saturated carbocycles. The maximum atomic E-state index is 11.5. The summed E-state index contributed by atoms with van der Waals surface area (Å²) in [6.07, 6.45) is 1.20. The SMILES string of the molecule is CCOC(=O)C(C)(O)C/C=[N+](\[O-])C(C)(C)C. The van der Waals surface area contributed by atoms with Crippen molar-refractivity contribution < 1.29 is 19.4 Å². The molecule has 0 bridgehead atoms. The number of hydrogen-bond donors (Lipinski definition) is 1. The highest BCUT2D eigenvalue weighted by Gasteiger charge is 2.32. The Morgan fingerprint density at radius 1 is 1.44 bits per heavy atom. The van der Waals surface area contributed by atoms with E-state index in [0.29, 0.717) is 0 Å². The number of hydroxylamine groups is 1. The second kappa shape index (κ2) is 5.30. The van der Waals surface area contributed by atoms with Crippen LogP contribution in [0.3, 0.4) is 0 Å².